The molecule has 0 spiro atoms. The number of sulfonamides is 1. The molecule has 0 saturated carbocycles. The molecule has 1 atom stereocenters. The number of piperidine rings is 1. The number of benzene rings is 3. The number of likely N-dealkylation sites (N-methyl/N-ethyl adjacent to an activating group) is 1. The van der Waals surface area contributed by atoms with Crippen molar-refractivity contribution in [3.8, 4) is 0 Å². The summed E-state index contributed by atoms with van der Waals surface area (Å²) >= 11 is 0. The van der Waals surface area contributed by atoms with E-state index in [9.17, 15) is 13.2 Å². The zero-order valence-electron chi connectivity index (χ0n) is 25.9. The van der Waals surface area contributed by atoms with Gasteiger partial charge >= 0.3 is 6.09 Å². The van der Waals surface area contributed by atoms with E-state index in [0.717, 1.165) is 57.3 Å². The van der Waals surface area contributed by atoms with Crippen LogP contribution >= 0.6 is 0 Å². The fraction of sp³-hybridized carbons (Fsp3) is 0.457. The van der Waals surface area contributed by atoms with Crippen molar-refractivity contribution >= 4 is 16.1 Å². The number of rotatable bonds is 14. The van der Waals surface area contributed by atoms with E-state index in [1.807, 2.05) is 66.4 Å². The van der Waals surface area contributed by atoms with Gasteiger partial charge in [0.25, 0.3) is 0 Å². The van der Waals surface area contributed by atoms with Crippen molar-refractivity contribution in [2.45, 2.75) is 68.9 Å². The maximum absolute atomic E-state index is 13.5. The molecule has 1 fully saturated rings. The predicted octanol–water partition coefficient (Wildman–Crippen LogP) is 6.56. The van der Waals surface area contributed by atoms with Crippen LogP contribution in [0.4, 0.5) is 4.79 Å². The Morgan fingerprint density at radius 3 is 2.05 bits per heavy atom. The number of likely N-dealkylation sites (tertiary alicyclic amines) is 1. The number of hydrogen-bond acceptors (Lipinski definition) is 5. The molecule has 1 aliphatic rings. The molecule has 0 bridgehead atoms. The van der Waals surface area contributed by atoms with Crippen molar-refractivity contribution in [3.05, 3.63) is 102 Å². The third kappa shape index (κ3) is 8.46. The lowest BCUT2D eigenvalue weighted by Gasteiger charge is -2.41. The fourth-order valence-electron chi connectivity index (χ4n) is 6.38. The number of nitrogens with zero attached hydrogens (tertiary/aromatic N) is 3. The van der Waals surface area contributed by atoms with Gasteiger partial charge in [-0.05, 0) is 62.4 Å². The van der Waals surface area contributed by atoms with Crippen LogP contribution in [0.25, 0.3) is 0 Å². The minimum atomic E-state index is -3.62. The van der Waals surface area contributed by atoms with Gasteiger partial charge in [0, 0.05) is 44.7 Å². The van der Waals surface area contributed by atoms with Gasteiger partial charge in [0.05, 0.1) is 4.90 Å². The molecule has 1 saturated heterocycles. The molecular formula is C35H47N3O4S. The van der Waals surface area contributed by atoms with E-state index >= 15 is 0 Å². The van der Waals surface area contributed by atoms with Crippen LogP contribution in [-0.2, 0) is 26.8 Å². The highest BCUT2D eigenvalue weighted by Gasteiger charge is 2.37. The molecule has 43 heavy (non-hydrogen) atoms. The molecule has 1 aliphatic heterocycles. The topological polar surface area (TPSA) is 70.2 Å². The highest BCUT2D eigenvalue weighted by Crippen LogP contribution is 2.36. The molecule has 0 radical (unpaired) electrons. The maximum atomic E-state index is 13.5. The fourth-order valence-corrected chi connectivity index (χ4v) is 7.66. The molecule has 232 valence electrons. The van der Waals surface area contributed by atoms with E-state index in [4.69, 9.17) is 4.74 Å². The number of amides is 1. The third-order valence-corrected chi connectivity index (χ3v) is 10.6. The summed E-state index contributed by atoms with van der Waals surface area (Å²) in [5, 5.41) is 0. The van der Waals surface area contributed by atoms with E-state index in [-0.39, 0.29) is 24.2 Å². The second kappa shape index (κ2) is 15.5. The van der Waals surface area contributed by atoms with Gasteiger partial charge in [0.2, 0.25) is 10.0 Å². The average Bonchev–Trinajstić information content (AvgIpc) is 3.05. The monoisotopic (exact) mass is 605 g/mol. The SMILES string of the molecule is CCCC(CCN1CCC(N(CC)C(=O)OCc2ccccc2)CC1)(CN(C)S(=O)(=O)c1ccccc1)c1ccccc1. The van der Waals surface area contributed by atoms with Crippen LogP contribution in [0.15, 0.2) is 95.9 Å². The Morgan fingerprint density at radius 2 is 1.47 bits per heavy atom. The van der Waals surface area contributed by atoms with E-state index < -0.39 is 10.0 Å². The van der Waals surface area contributed by atoms with Crippen LogP contribution in [0.3, 0.4) is 0 Å². The van der Waals surface area contributed by atoms with Crippen molar-refractivity contribution in [2.24, 2.45) is 0 Å². The molecule has 0 aliphatic carbocycles. The maximum Gasteiger partial charge on any atom is 0.410 e. The van der Waals surface area contributed by atoms with Crippen LogP contribution in [0.5, 0.6) is 0 Å². The predicted molar refractivity (Wildman–Crippen MR) is 172 cm³/mol. The molecule has 0 N–H and O–H groups in total. The van der Waals surface area contributed by atoms with Gasteiger partial charge in [-0.15, -0.1) is 0 Å². The van der Waals surface area contributed by atoms with Crippen molar-refractivity contribution in [2.75, 3.05) is 39.8 Å². The van der Waals surface area contributed by atoms with Crippen molar-refractivity contribution < 1.29 is 17.9 Å². The van der Waals surface area contributed by atoms with Crippen LogP contribution in [0.1, 0.15) is 57.1 Å². The molecule has 0 aromatic heterocycles. The Morgan fingerprint density at radius 1 is 0.884 bits per heavy atom. The number of ether oxygens (including phenoxy) is 1. The first kappa shape index (κ1) is 32.7. The first-order valence-corrected chi connectivity index (χ1v) is 17.0. The Kier molecular flexibility index (Phi) is 11.8. The van der Waals surface area contributed by atoms with Gasteiger partial charge in [0.1, 0.15) is 6.61 Å². The molecule has 1 amide bonds. The molecule has 3 aromatic rings. The van der Waals surface area contributed by atoms with Crippen molar-refractivity contribution in [1.29, 1.82) is 0 Å². The highest BCUT2D eigenvalue weighted by molar-refractivity contribution is 7.89. The summed E-state index contributed by atoms with van der Waals surface area (Å²) < 4.78 is 34.3. The summed E-state index contributed by atoms with van der Waals surface area (Å²) in [7, 11) is -1.92. The smallest absolute Gasteiger partial charge is 0.410 e. The number of carbonyl (C=O) groups excluding carboxylic acids is 1. The molecule has 4 rings (SSSR count). The third-order valence-electron chi connectivity index (χ3n) is 8.78. The van der Waals surface area contributed by atoms with Crippen molar-refractivity contribution in [3.63, 3.8) is 0 Å². The van der Waals surface area contributed by atoms with E-state index in [1.54, 1.807) is 31.3 Å². The normalized spacial score (nSPS) is 16.1. The Balaban J connectivity index is 1.41. The standard InChI is InChI=1S/C35H47N3O4S/c1-4-23-35(31-17-11-7-12-18-31,29-36(3)43(40,41)33-19-13-8-14-20-33)24-27-37-25-21-32(22-26-37)38(5-2)34(39)42-28-30-15-9-6-10-16-30/h6-20,32H,4-5,21-29H2,1-3H3. The first-order chi connectivity index (χ1) is 20.8. The lowest BCUT2D eigenvalue weighted by molar-refractivity contribution is 0.0615. The zero-order chi connectivity index (χ0) is 30.7. The second-order valence-electron chi connectivity index (χ2n) is 11.6. The summed E-state index contributed by atoms with van der Waals surface area (Å²) in [6, 6.07) is 29.0. The molecule has 1 heterocycles. The zero-order valence-corrected chi connectivity index (χ0v) is 26.7. The van der Waals surface area contributed by atoms with Crippen LogP contribution in [0.2, 0.25) is 0 Å². The minimum Gasteiger partial charge on any atom is -0.445 e. The molecular weight excluding hydrogens is 558 g/mol. The van der Waals surface area contributed by atoms with E-state index in [2.05, 4.69) is 24.0 Å². The van der Waals surface area contributed by atoms with Crippen LogP contribution in [0, 0.1) is 0 Å². The number of carbonyl (C=O) groups is 1. The summed E-state index contributed by atoms with van der Waals surface area (Å²) in [5.41, 5.74) is 1.85. The van der Waals surface area contributed by atoms with Gasteiger partial charge in [-0.25, -0.2) is 17.5 Å². The summed E-state index contributed by atoms with van der Waals surface area (Å²) in [5.74, 6) is 0. The Hall–Kier alpha value is -3.20. The van der Waals surface area contributed by atoms with Gasteiger partial charge in [-0.2, -0.15) is 0 Å². The van der Waals surface area contributed by atoms with Crippen LogP contribution < -0.4 is 0 Å². The highest BCUT2D eigenvalue weighted by atomic mass is 32.2. The summed E-state index contributed by atoms with van der Waals surface area (Å²) in [4.78, 5) is 17.6. The number of hydrogen-bond donors (Lipinski definition) is 0. The minimum absolute atomic E-state index is 0.154. The summed E-state index contributed by atoms with van der Waals surface area (Å²) in [6.45, 7) is 8.14. The lowest BCUT2D eigenvalue weighted by atomic mass is 9.73. The average molecular weight is 606 g/mol. The Bertz CT molecular complexity index is 1360. The molecule has 3 aromatic carbocycles. The van der Waals surface area contributed by atoms with Crippen LogP contribution in [-0.4, -0.2) is 74.4 Å². The van der Waals surface area contributed by atoms with Crippen molar-refractivity contribution in [1.82, 2.24) is 14.1 Å². The molecule has 1 unspecified atom stereocenters. The lowest BCUT2D eigenvalue weighted by Crippen LogP contribution is -2.49. The largest absolute Gasteiger partial charge is 0.445 e. The Labute approximate surface area is 258 Å². The summed E-state index contributed by atoms with van der Waals surface area (Å²) in [6.07, 6.45) is 4.22. The van der Waals surface area contributed by atoms with Gasteiger partial charge < -0.3 is 14.5 Å². The second-order valence-corrected chi connectivity index (χ2v) is 13.7. The molecule has 8 heteroatoms. The van der Waals surface area contributed by atoms with E-state index in [1.165, 1.54) is 9.87 Å². The quantitative estimate of drug-likeness (QED) is 0.208. The molecule has 7 nitrogen and oxygen atoms in total. The first-order valence-electron chi connectivity index (χ1n) is 15.6. The van der Waals surface area contributed by atoms with Gasteiger partial charge in [-0.1, -0.05) is 92.2 Å². The van der Waals surface area contributed by atoms with E-state index in [0.29, 0.717) is 18.0 Å². The van der Waals surface area contributed by atoms with Gasteiger partial charge in [-0.3, -0.25) is 0 Å². The van der Waals surface area contributed by atoms with Gasteiger partial charge in [0.15, 0.2) is 0 Å².